The molecule has 6 heteroatoms. The van der Waals surface area contributed by atoms with E-state index in [1.165, 1.54) is 19.3 Å². The zero-order valence-corrected chi connectivity index (χ0v) is 20.6. The van der Waals surface area contributed by atoms with Crippen molar-refractivity contribution in [2.75, 3.05) is 18.5 Å². The topological polar surface area (TPSA) is 81.7 Å². The van der Waals surface area contributed by atoms with Gasteiger partial charge in [0.1, 0.15) is 6.04 Å². The van der Waals surface area contributed by atoms with Gasteiger partial charge in [-0.3, -0.25) is 9.59 Å². The van der Waals surface area contributed by atoms with Crippen LogP contribution < -0.4 is 15.5 Å². The maximum absolute atomic E-state index is 13.8. The van der Waals surface area contributed by atoms with Gasteiger partial charge in [-0.25, -0.2) is 0 Å². The van der Waals surface area contributed by atoms with E-state index in [1.807, 2.05) is 48.5 Å². The largest absolute Gasteiger partial charge is 0.392 e. The Morgan fingerprint density at radius 1 is 1.00 bits per heavy atom. The number of para-hydroxylation sites is 1. The van der Waals surface area contributed by atoms with Gasteiger partial charge in [-0.05, 0) is 48.8 Å². The van der Waals surface area contributed by atoms with Crippen molar-refractivity contribution in [1.82, 2.24) is 10.6 Å². The number of fused-ring (bicyclic) bond motifs is 3. The molecule has 5 rings (SSSR count). The van der Waals surface area contributed by atoms with E-state index < -0.39 is 17.7 Å². The fraction of sp³-hybridized carbons (Fsp3) is 0.517. The highest BCUT2D eigenvalue weighted by Crippen LogP contribution is 2.40. The molecule has 0 bridgehead atoms. The average molecular weight is 476 g/mol. The van der Waals surface area contributed by atoms with Crippen LogP contribution in [0.5, 0.6) is 0 Å². The van der Waals surface area contributed by atoms with E-state index in [-0.39, 0.29) is 11.8 Å². The van der Waals surface area contributed by atoms with Crippen molar-refractivity contribution in [3.05, 3.63) is 54.1 Å². The Balaban J connectivity index is 1.39. The van der Waals surface area contributed by atoms with Crippen molar-refractivity contribution in [1.29, 1.82) is 0 Å². The molecule has 2 aromatic carbocycles. The molecule has 6 nitrogen and oxygen atoms in total. The molecule has 1 aliphatic heterocycles. The monoisotopic (exact) mass is 475 g/mol. The summed E-state index contributed by atoms with van der Waals surface area (Å²) >= 11 is 0. The van der Waals surface area contributed by atoms with Crippen LogP contribution in [-0.2, 0) is 9.59 Å². The molecule has 2 saturated carbocycles. The highest BCUT2D eigenvalue weighted by atomic mass is 16.3. The van der Waals surface area contributed by atoms with Gasteiger partial charge in [-0.1, -0.05) is 74.6 Å². The van der Waals surface area contributed by atoms with Crippen LogP contribution in [0, 0.1) is 5.92 Å². The smallest absolute Gasteiger partial charge is 0.253 e. The van der Waals surface area contributed by atoms with Gasteiger partial charge in [0.2, 0.25) is 5.91 Å². The number of anilines is 1. The summed E-state index contributed by atoms with van der Waals surface area (Å²) < 4.78 is 0. The number of amides is 2. The molecule has 2 atom stereocenters. The molecule has 1 heterocycles. The fourth-order valence-corrected chi connectivity index (χ4v) is 6.29. The number of aliphatic hydroxyl groups is 1. The molecule has 3 N–H and O–H groups in total. The molecule has 2 aliphatic carbocycles. The number of rotatable bonds is 6. The maximum atomic E-state index is 13.8. The van der Waals surface area contributed by atoms with Crippen LogP contribution in [0.2, 0.25) is 0 Å². The molecule has 3 aliphatic rings. The molecule has 2 aromatic rings. The predicted molar refractivity (Wildman–Crippen MR) is 138 cm³/mol. The number of aliphatic hydroxyl groups excluding tert-OH is 1. The first-order chi connectivity index (χ1) is 17.0. The Morgan fingerprint density at radius 3 is 2.40 bits per heavy atom. The summed E-state index contributed by atoms with van der Waals surface area (Å²) in [5.41, 5.74) is 2.86. The Hall–Kier alpha value is -2.70. The molecule has 2 fully saturated rings. The normalized spacial score (nSPS) is 22.7. The van der Waals surface area contributed by atoms with Crippen LogP contribution in [0.3, 0.4) is 0 Å². The Labute approximate surface area is 208 Å². The van der Waals surface area contributed by atoms with Gasteiger partial charge in [-0.15, -0.1) is 0 Å². The summed E-state index contributed by atoms with van der Waals surface area (Å²) in [4.78, 5) is 29.1. The molecule has 0 saturated heterocycles. The molecule has 0 spiro atoms. The van der Waals surface area contributed by atoms with Gasteiger partial charge >= 0.3 is 0 Å². The third-order valence-corrected chi connectivity index (χ3v) is 8.42. The van der Waals surface area contributed by atoms with Gasteiger partial charge in [0.25, 0.3) is 5.91 Å². The van der Waals surface area contributed by atoms with Crippen molar-refractivity contribution in [3.8, 4) is 11.1 Å². The van der Waals surface area contributed by atoms with E-state index in [1.54, 1.807) is 11.9 Å². The average Bonchev–Trinajstić information content (AvgIpc) is 3.37. The maximum Gasteiger partial charge on any atom is 0.253 e. The second-order valence-electron chi connectivity index (χ2n) is 10.5. The van der Waals surface area contributed by atoms with Crippen LogP contribution >= 0.6 is 0 Å². The van der Waals surface area contributed by atoms with Gasteiger partial charge < -0.3 is 20.6 Å². The molecule has 1 unspecified atom stereocenters. The molecular formula is C29H37N3O3. The SMILES string of the molecule is CN1C(=O)C(NC(=O)C2(NC[C@@H](O)C3CCCCC3)CCCC2)c2ccccc2-c2ccccc21. The van der Waals surface area contributed by atoms with Crippen molar-refractivity contribution in [2.45, 2.75) is 75.5 Å². The van der Waals surface area contributed by atoms with Crippen molar-refractivity contribution in [2.24, 2.45) is 5.92 Å². The number of likely N-dealkylation sites (N-methyl/N-ethyl adjacent to an activating group) is 1. The Morgan fingerprint density at radius 2 is 1.66 bits per heavy atom. The van der Waals surface area contributed by atoms with Crippen LogP contribution in [0.25, 0.3) is 11.1 Å². The molecule has 35 heavy (non-hydrogen) atoms. The van der Waals surface area contributed by atoms with E-state index in [2.05, 4.69) is 10.6 Å². The summed E-state index contributed by atoms with van der Waals surface area (Å²) in [7, 11) is 1.77. The summed E-state index contributed by atoms with van der Waals surface area (Å²) in [6.07, 6.45) is 8.62. The first kappa shape index (κ1) is 24.0. The lowest BCUT2D eigenvalue weighted by Gasteiger charge is -2.34. The molecular weight excluding hydrogens is 438 g/mol. The zero-order chi connectivity index (χ0) is 24.4. The number of hydrogen-bond acceptors (Lipinski definition) is 4. The van der Waals surface area contributed by atoms with E-state index in [9.17, 15) is 14.7 Å². The third kappa shape index (κ3) is 4.62. The minimum Gasteiger partial charge on any atom is -0.392 e. The van der Waals surface area contributed by atoms with E-state index in [0.29, 0.717) is 12.5 Å². The zero-order valence-electron chi connectivity index (χ0n) is 20.6. The van der Waals surface area contributed by atoms with Crippen molar-refractivity contribution >= 4 is 17.5 Å². The Bertz CT molecular complexity index is 1070. The number of benzene rings is 2. The summed E-state index contributed by atoms with van der Waals surface area (Å²) in [5.74, 6) is 0.0183. The number of nitrogens with one attached hydrogen (secondary N) is 2. The summed E-state index contributed by atoms with van der Waals surface area (Å²) in [6.45, 7) is 0.415. The summed E-state index contributed by atoms with van der Waals surface area (Å²) in [5, 5.41) is 17.5. The van der Waals surface area contributed by atoms with Crippen LogP contribution in [0.1, 0.15) is 69.4 Å². The fourth-order valence-electron chi connectivity index (χ4n) is 6.29. The highest BCUT2D eigenvalue weighted by Gasteiger charge is 2.44. The van der Waals surface area contributed by atoms with Gasteiger partial charge in [0.05, 0.1) is 17.3 Å². The standard InChI is InChI=1S/C29H37N3O3/c1-32-24-16-8-7-14-22(24)21-13-5-6-15-23(21)26(27(32)34)31-28(35)29(17-9-10-18-29)30-19-25(33)20-11-3-2-4-12-20/h5-8,13-16,20,25-26,30,33H,2-4,9-12,17-19H2,1H3,(H,31,35)/t25-,26?/m1/s1. The molecule has 0 radical (unpaired) electrons. The minimum atomic E-state index is -0.765. The second kappa shape index (κ2) is 10.1. The van der Waals surface area contributed by atoms with E-state index >= 15 is 0 Å². The number of β-amino-alcohol motifs (C(OH)–C–C–N with tert-alkyl or cyclic N) is 1. The van der Waals surface area contributed by atoms with Gasteiger partial charge in [0, 0.05) is 19.2 Å². The lowest BCUT2D eigenvalue weighted by Crippen LogP contribution is -2.58. The molecule has 0 aromatic heterocycles. The van der Waals surface area contributed by atoms with E-state index in [0.717, 1.165) is 60.9 Å². The number of carbonyl (C=O) groups is 2. The van der Waals surface area contributed by atoms with Crippen molar-refractivity contribution in [3.63, 3.8) is 0 Å². The van der Waals surface area contributed by atoms with Crippen LogP contribution in [0.4, 0.5) is 5.69 Å². The number of hydrogen-bond donors (Lipinski definition) is 3. The molecule has 186 valence electrons. The van der Waals surface area contributed by atoms with Gasteiger partial charge in [0.15, 0.2) is 0 Å². The first-order valence-corrected chi connectivity index (χ1v) is 13.2. The van der Waals surface area contributed by atoms with Gasteiger partial charge in [-0.2, -0.15) is 0 Å². The molecule has 2 amide bonds. The number of carbonyl (C=O) groups excluding carboxylic acids is 2. The third-order valence-electron chi connectivity index (χ3n) is 8.42. The highest BCUT2D eigenvalue weighted by molar-refractivity contribution is 6.06. The van der Waals surface area contributed by atoms with Crippen molar-refractivity contribution < 1.29 is 14.7 Å². The lowest BCUT2D eigenvalue weighted by atomic mass is 9.84. The Kier molecular flexibility index (Phi) is 6.94. The van der Waals surface area contributed by atoms with Crippen LogP contribution in [0.15, 0.2) is 48.5 Å². The minimum absolute atomic E-state index is 0.140. The van der Waals surface area contributed by atoms with E-state index in [4.69, 9.17) is 0 Å². The lowest BCUT2D eigenvalue weighted by molar-refractivity contribution is -0.132. The second-order valence-corrected chi connectivity index (χ2v) is 10.5. The summed E-state index contributed by atoms with van der Waals surface area (Å²) in [6, 6.07) is 15.0. The quantitative estimate of drug-likeness (QED) is 0.581. The number of nitrogens with zero attached hydrogens (tertiary/aromatic N) is 1. The predicted octanol–water partition coefficient (Wildman–Crippen LogP) is 4.33. The van der Waals surface area contributed by atoms with Crippen LogP contribution in [-0.4, -0.2) is 42.2 Å². The first-order valence-electron chi connectivity index (χ1n) is 13.2.